The van der Waals surface area contributed by atoms with Crippen molar-refractivity contribution in [3.05, 3.63) is 71.8 Å². The molecule has 0 bridgehead atoms. The van der Waals surface area contributed by atoms with Crippen molar-refractivity contribution in [2.45, 2.75) is 25.5 Å². The maximum absolute atomic E-state index is 12.7. The molecule has 0 fully saturated rings. The van der Waals surface area contributed by atoms with Gasteiger partial charge in [0.2, 0.25) is 5.91 Å². The largest absolute Gasteiger partial charge is 0.445 e. The monoisotopic (exact) mass is 365 g/mol. The van der Waals surface area contributed by atoms with Crippen LogP contribution in [0, 0.1) is 11.3 Å². The maximum atomic E-state index is 12.7. The second-order valence-corrected chi connectivity index (χ2v) is 6.12. The van der Waals surface area contributed by atoms with Crippen LogP contribution in [0.2, 0.25) is 0 Å². The summed E-state index contributed by atoms with van der Waals surface area (Å²) in [6, 6.07) is 20.0. The SMILES string of the molecule is CN(CCC#N)C(=O)[C@H](Cc1ccccc1)NC(=O)OCc1ccccc1. The number of nitriles is 1. The zero-order valence-corrected chi connectivity index (χ0v) is 15.3. The number of nitrogens with zero attached hydrogens (tertiary/aromatic N) is 2. The zero-order chi connectivity index (χ0) is 19.5. The molecule has 140 valence electrons. The van der Waals surface area contributed by atoms with E-state index in [2.05, 4.69) is 5.32 Å². The molecule has 2 aromatic rings. The molecule has 0 unspecified atom stereocenters. The summed E-state index contributed by atoms with van der Waals surface area (Å²) in [6.07, 6.45) is -0.0720. The summed E-state index contributed by atoms with van der Waals surface area (Å²) in [5, 5.41) is 11.4. The molecular weight excluding hydrogens is 342 g/mol. The second kappa shape index (κ2) is 10.6. The third-order valence-corrected chi connectivity index (χ3v) is 4.02. The van der Waals surface area contributed by atoms with Crippen LogP contribution in [0.25, 0.3) is 0 Å². The van der Waals surface area contributed by atoms with Crippen molar-refractivity contribution in [3.8, 4) is 6.07 Å². The summed E-state index contributed by atoms with van der Waals surface area (Å²) in [7, 11) is 1.62. The molecule has 0 radical (unpaired) electrons. The summed E-state index contributed by atoms with van der Waals surface area (Å²) >= 11 is 0. The van der Waals surface area contributed by atoms with Crippen LogP contribution in [0.1, 0.15) is 17.5 Å². The Morgan fingerprint density at radius 3 is 2.26 bits per heavy atom. The van der Waals surface area contributed by atoms with Crippen LogP contribution in [-0.4, -0.2) is 36.5 Å². The van der Waals surface area contributed by atoms with Crippen LogP contribution >= 0.6 is 0 Å². The Kier molecular flexibility index (Phi) is 7.86. The molecule has 0 aliphatic heterocycles. The average molecular weight is 365 g/mol. The fourth-order valence-corrected chi connectivity index (χ4v) is 2.55. The van der Waals surface area contributed by atoms with Gasteiger partial charge in [-0.2, -0.15) is 5.26 Å². The summed E-state index contributed by atoms with van der Waals surface area (Å²) in [6.45, 7) is 0.435. The molecule has 0 aromatic heterocycles. The highest BCUT2D eigenvalue weighted by Crippen LogP contribution is 2.07. The molecule has 2 aromatic carbocycles. The lowest BCUT2D eigenvalue weighted by Gasteiger charge is -2.24. The van der Waals surface area contributed by atoms with E-state index in [9.17, 15) is 9.59 Å². The molecule has 6 heteroatoms. The fraction of sp³-hybridized carbons (Fsp3) is 0.286. The number of carbonyl (C=O) groups excluding carboxylic acids is 2. The van der Waals surface area contributed by atoms with E-state index in [-0.39, 0.29) is 18.9 Å². The zero-order valence-electron chi connectivity index (χ0n) is 15.3. The number of carbonyl (C=O) groups is 2. The first-order valence-corrected chi connectivity index (χ1v) is 8.73. The van der Waals surface area contributed by atoms with Gasteiger partial charge in [0.1, 0.15) is 12.6 Å². The van der Waals surface area contributed by atoms with E-state index >= 15 is 0 Å². The van der Waals surface area contributed by atoms with Crippen molar-refractivity contribution in [2.75, 3.05) is 13.6 Å². The Labute approximate surface area is 159 Å². The Bertz CT molecular complexity index is 772. The van der Waals surface area contributed by atoms with E-state index in [1.54, 1.807) is 7.05 Å². The Balaban J connectivity index is 2.00. The van der Waals surface area contributed by atoms with Crippen LogP contribution in [0.15, 0.2) is 60.7 Å². The lowest BCUT2D eigenvalue weighted by molar-refractivity contribution is -0.132. The van der Waals surface area contributed by atoms with Crippen molar-refractivity contribution in [1.29, 1.82) is 5.26 Å². The summed E-state index contributed by atoms with van der Waals surface area (Å²) < 4.78 is 5.23. The minimum atomic E-state index is -0.764. The van der Waals surface area contributed by atoms with Crippen LogP contribution in [0.3, 0.4) is 0 Å². The van der Waals surface area contributed by atoms with Crippen molar-refractivity contribution < 1.29 is 14.3 Å². The molecule has 0 saturated heterocycles. The number of alkyl carbamates (subject to hydrolysis) is 1. The highest BCUT2D eigenvalue weighted by Gasteiger charge is 2.24. The number of hydrogen-bond donors (Lipinski definition) is 1. The van der Waals surface area contributed by atoms with Crippen LogP contribution < -0.4 is 5.32 Å². The summed E-state index contributed by atoms with van der Waals surface area (Å²) in [4.78, 5) is 26.4. The second-order valence-electron chi connectivity index (χ2n) is 6.12. The predicted octanol–water partition coefficient (Wildman–Crippen LogP) is 2.90. The van der Waals surface area contributed by atoms with Gasteiger partial charge in [-0.25, -0.2) is 4.79 Å². The molecule has 0 spiro atoms. The third-order valence-electron chi connectivity index (χ3n) is 4.02. The van der Waals surface area contributed by atoms with Gasteiger partial charge < -0.3 is 15.0 Å². The molecule has 2 rings (SSSR count). The molecule has 0 heterocycles. The Morgan fingerprint density at radius 1 is 1.07 bits per heavy atom. The van der Waals surface area contributed by atoms with Gasteiger partial charge in [0.15, 0.2) is 0 Å². The number of benzene rings is 2. The first-order chi connectivity index (χ1) is 13.1. The normalized spacial score (nSPS) is 11.1. The topological polar surface area (TPSA) is 82.4 Å². The van der Waals surface area contributed by atoms with E-state index < -0.39 is 12.1 Å². The van der Waals surface area contributed by atoms with Gasteiger partial charge in [0, 0.05) is 20.0 Å². The van der Waals surface area contributed by atoms with Crippen molar-refractivity contribution in [3.63, 3.8) is 0 Å². The van der Waals surface area contributed by atoms with E-state index in [1.807, 2.05) is 66.7 Å². The number of ether oxygens (including phenoxy) is 1. The standard InChI is InChI=1S/C21H23N3O3/c1-24(14-8-13-22)20(25)19(15-17-9-4-2-5-10-17)23-21(26)27-16-18-11-6-3-7-12-18/h2-7,9-12,19H,8,14-16H2,1H3,(H,23,26)/t19-/m0/s1. The van der Waals surface area contributed by atoms with Gasteiger partial charge in [-0.05, 0) is 11.1 Å². The number of nitrogens with one attached hydrogen (secondary N) is 1. The van der Waals surface area contributed by atoms with Crippen LogP contribution in [0.4, 0.5) is 4.79 Å². The molecule has 0 aliphatic carbocycles. The molecule has 0 aliphatic rings. The number of amides is 2. The van der Waals surface area contributed by atoms with Gasteiger partial charge in [-0.1, -0.05) is 60.7 Å². The van der Waals surface area contributed by atoms with Gasteiger partial charge >= 0.3 is 6.09 Å². The van der Waals surface area contributed by atoms with Crippen LogP contribution in [0.5, 0.6) is 0 Å². The number of likely N-dealkylation sites (N-methyl/N-ethyl adjacent to an activating group) is 1. The quantitative estimate of drug-likeness (QED) is 0.780. The molecule has 2 amide bonds. The van der Waals surface area contributed by atoms with Gasteiger partial charge in [-0.3, -0.25) is 4.79 Å². The van der Waals surface area contributed by atoms with Crippen molar-refractivity contribution >= 4 is 12.0 Å². The highest BCUT2D eigenvalue weighted by atomic mass is 16.5. The van der Waals surface area contributed by atoms with Gasteiger partial charge in [-0.15, -0.1) is 0 Å². The first kappa shape index (κ1) is 20.0. The lowest BCUT2D eigenvalue weighted by Crippen LogP contribution is -2.48. The smallest absolute Gasteiger partial charge is 0.408 e. The Morgan fingerprint density at radius 2 is 1.67 bits per heavy atom. The van der Waals surface area contributed by atoms with Crippen molar-refractivity contribution in [1.82, 2.24) is 10.2 Å². The molecular formula is C21H23N3O3. The average Bonchev–Trinajstić information content (AvgIpc) is 2.71. The molecule has 1 N–H and O–H groups in total. The highest BCUT2D eigenvalue weighted by molar-refractivity contribution is 5.85. The maximum Gasteiger partial charge on any atom is 0.408 e. The Hall–Kier alpha value is -3.33. The van der Waals surface area contributed by atoms with E-state index in [0.29, 0.717) is 13.0 Å². The van der Waals surface area contributed by atoms with Crippen LogP contribution in [-0.2, 0) is 22.6 Å². The fourth-order valence-electron chi connectivity index (χ4n) is 2.55. The lowest BCUT2D eigenvalue weighted by atomic mass is 10.0. The first-order valence-electron chi connectivity index (χ1n) is 8.73. The minimum absolute atomic E-state index is 0.128. The van der Waals surface area contributed by atoms with E-state index in [1.165, 1.54) is 4.90 Å². The van der Waals surface area contributed by atoms with Crippen molar-refractivity contribution in [2.24, 2.45) is 0 Å². The minimum Gasteiger partial charge on any atom is -0.445 e. The van der Waals surface area contributed by atoms with Gasteiger partial charge in [0.25, 0.3) is 0 Å². The van der Waals surface area contributed by atoms with Gasteiger partial charge in [0.05, 0.1) is 12.5 Å². The van der Waals surface area contributed by atoms with E-state index in [0.717, 1.165) is 11.1 Å². The summed E-state index contributed by atoms with van der Waals surface area (Å²) in [5.74, 6) is -0.259. The number of hydrogen-bond acceptors (Lipinski definition) is 4. The summed E-state index contributed by atoms with van der Waals surface area (Å²) in [5.41, 5.74) is 1.79. The molecule has 27 heavy (non-hydrogen) atoms. The molecule has 1 atom stereocenters. The molecule has 6 nitrogen and oxygen atoms in total. The predicted molar refractivity (Wildman–Crippen MR) is 102 cm³/mol. The van der Waals surface area contributed by atoms with E-state index in [4.69, 9.17) is 10.00 Å². The number of rotatable bonds is 8. The third kappa shape index (κ3) is 6.83. The molecule has 0 saturated carbocycles.